The molecule has 5 heteroatoms. The summed E-state index contributed by atoms with van der Waals surface area (Å²) in [7, 11) is 0. The molecule has 0 saturated carbocycles. The summed E-state index contributed by atoms with van der Waals surface area (Å²) < 4.78 is 0. The number of aryl methyl sites for hydroxylation is 2. The minimum absolute atomic E-state index is 0.0159. The molecule has 80 valence electrons. The first-order chi connectivity index (χ1) is 7.13. The van der Waals surface area contributed by atoms with E-state index in [1.807, 2.05) is 20.8 Å². The number of thioether (sulfide) groups is 1. The van der Waals surface area contributed by atoms with E-state index >= 15 is 0 Å². The van der Waals surface area contributed by atoms with Gasteiger partial charge in [0.25, 0.3) is 5.56 Å². The summed E-state index contributed by atoms with van der Waals surface area (Å²) in [6.07, 6.45) is 0. The Labute approximate surface area is 95.9 Å². The third-order valence-corrected chi connectivity index (χ3v) is 4.15. The number of fused-ring (bicyclic) bond motifs is 1. The monoisotopic (exact) mass is 240 g/mol. The van der Waals surface area contributed by atoms with E-state index < -0.39 is 0 Å². The molecule has 0 aliphatic heterocycles. The molecule has 2 aromatic rings. The van der Waals surface area contributed by atoms with Crippen molar-refractivity contribution in [2.24, 2.45) is 0 Å². The number of thiophene rings is 1. The van der Waals surface area contributed by atoms with Crippen molar-refractivity contribution in [2.75, 3.05) is 5.75 Å². The molecule has 1 N–H and O–H groups in total. The maximum absolute atomic E-state index is 11.8. The van der Waals surface area contributed by atoms with Gasteiger partial charge in [-0.2, -0.15) is 0 Å². The lowest BCUT2D eigenvalue weighted by molar-refractivity contribution is 0.979. The molecule has 0 bridgehead atoms. The van der Waals surface area contributed by atoms with Gasteiger partial charge in [0.05, 0.1) is 5.39 Å². The zero-order valence-corrected chi connectivity index (χ0v) is 10.5. The normalized spacial score (nSPS) is 11.1. The summed E-state index contributed by atoms with van der Waals surface area (Å²) in [5.41, 5.74) is 1.04. The van der Waals surface area contributed by atoms with Crippen LogP contribution in [0.25, 0.3) is 10.2 Å². The molecule has 0 aliphatic carbocycles. The lowest BCUT2D eigenvalue weighted by Crippen LogP contribution is -2.08. The van der Waals surface area contributed by atoms with Crippen molar-refractivity contribution in [1.82, 2.24) is 9.97 Å². The van der Waals surface area contributed by atoms with Crippen LogP contribution in [0.1, 0.15) is 17.4 Å². The van der Waals surface area contributed by atoms with Crippen LogP contribution in [0.2, 0.25) is 0 Å². The van der Waals surface area contributed by atoms with Gasteiger partial charge in [-0.25, -0.2) is 4.98 Å². The standard InChI is InChI=1S/C10H12N2OS2/c1-4-14-10-11-8(13)7-5(2)6(3)15-9(7)12-10/h4H2,1-3H3,(H,11,12,13). The molecule has 3 nitrogen and oxygen atoms in total. The number of hydrogen-bond donors (Lipinski definition) is 1. The Bertz CT molecular complexity index is 556. The Hall–Kier alpha value is -0.810. The number of aromatic amines is 1. The average molecular weight is 240 g/mol. The number of H-pyrrole nitrogens is 1. The van der Waals surface area contributed by atoms with E-state index in [0.29, 0.717) is 0 Å². The van der Waals surface area contributed by atoms with E-state index in [0.717, 1.165) is 26.7 Å². The van der Waals surface area contributed by atoms with Crippen molar-refractivity contribution in [1.29, 1.82) is 0 Å². The Morgan fingerprint density at radius 2 is 2.20 bits per heavy atom. The van der Waals surface area contributed by atoms with E-state index in [1.165, 1.54) is 4.88 Å². The molecule has 0 aliphatic rings. The first kappa shape index (κ1) is 10.7. The lowest BCUT2D eigenvalue weighted by Gasteiger charge is -1.97. The molecule has 0 saturated heterocycles. The zero-order valence-electron chi connectivity index (χ0n) is 8.88. The molecule has 2 heterocycles. The second kappa shape index (κ2) is 3.98. The summed E-state index contributed by atoms with van der Waals surface area (Å²) in [6.45, 7) is 6.03. The summed E-state index contributed by atoms with van der Waals surface area (Å²) in [5.74, 6) is 0.914. The van der Waals surface area contributed by atoms with Gasteiger partial charge in [-0.15, -0.1) is 11.3 Å². The van der Waals surface area contributed by atoms with E-state index in [9.17, 15) is 4.79 Å². The number of nitrogens with zero attached hydrogens (tertiary/aromatic N) is 1. The van der Waals surface area contributed by atoms with Crippen molar-refractivity contribution in [3.63, 3.8) is 0 Å². The van der Waals surface area contributed by atoms with E-state index in [4.69, 9.17) is 0 Å². The van der Waals surface area contributed by atoms with Gasteiger partial charge in [0.2, 0.25) is 0 Å². The van der Waals surface area contributed by atoms with Gasteiger partial charge in [0.15, 0.2) is 5.16 Å². The van der Waals surface area contributed by atoms with Gasteiger partial charge in [-0.1, -0.05) is 18.7 Å². The van der Waals surface area contributed by atoms with E-state index in [1.54, 1.807) is 23.1 Å². The van der Waals surface area contributed by atoms with Crippen LogP contribution in [0.15, 0.2) is 9.95 Å². The van der Waals surface area contributed by atoms with Crippen LogP contribution in [0, 0.1) is 13.8 Å². The second-order valence-electron chi connectivity index (χ2n) is 3.27. The lowest BCUT2D eigenvalue weighted by atomic mass is 10.2. The summed E-state index contributed by atoms with van der Waals surface area (Å²) >= 11 is 3.15. The molecule has 0 aromatic carbocycles. The molecule has 2 aromatic heterocycles. The maximum atomic E-state index is 11.8. The quantitative estimate of drug-likeness (QED) is 0.648. The van der Waals surface area contributed by atoms with Crippen LogP contribution >= 0.6 is 23.1 Å². The first-order valence-electron chi connectivity index (χ1n) is 4.76. The number of aromatic nitrogens is 2. The highest BCUT2D eigenvalue weighted by Gasteiger charge is 2.11. The van der Waals surface area contributed by atoms with Crippen molar-refractivity contribution in [3.05, 3.63) is 20.8 Å². The van der Waals surface area contributed by atoms with Gasteiger partial charge < -0.3 is 4.98 Å². The first-order valence-corrected chi connectivity index (χ1v) is 6.56. The van der Waals surface area contributed by atoms with Crippen LogP contribution < -0.4 is 5.56 Å². The minimum atomic E-state index is -0.0159. The molecule has 0 unspecified atom stereocenters. The molecular formula is C10H12N2OS2. The van der Waals surface area contributed by atoms with Crippen LogP contribution in [0.4, 0.5) is 0 Å². The molecule has 2 rings (SSSR count). The van der Waals surface area contributed by atoms with Crippen molar-refractivity contribution in [3.8, 4) is 0 Å². The Balaban J connectivity index is 2.73. The Morgan fingerprint density at radius 1 is 1.47 bits per heavy atom. The highest BCUT2D eigenvalue weighted by atomic mass is 32.2. The number of hydrogen-bond acceptors (Lipinski definition) is 4. The SMILES string of the molecule is CCSc1nc2sc(C)c(C)c2c(=O)[nH]1. The maximum Gasteiger partial charge on any atom is 0.260 e. The molecule has 0 amide bonds. The van der Waals surface area contributed by atoms with Crippen LogP contribution in [0.5, 0.6) is 0 Å². The predicted octanol–water partition coefficient (Wildman–Crippen LogP) is 2.71. The third-order valence-electron chi connectivity index (χ3n) is 2.30. The smallest absolute Gasteiger partial charge is 0.260 e. The van der Waals surface area contributed by atoms with E-state index in [2.05, 4.69) is 9.97 Å². The molecule has 0 spiro atoms. The fraction of sp³-hybridized carbons (Fsp3) is 0.400. The van der Waals surface area contributed by atoms with Gasteiger partial charge >= 0.3 is 0 Å². The third kappa shape index (κ3) is 1.81. The van der Waals surface area contributed by atoms with Gasteiger partial charge in [-0.3, -0.25) is 4.79 Å². The highest BCUT2D eigenvalue weighted by Crippen LogP contribution is 2.26. The highest BCUT2D eigenvalue weighted by molar-refractivity contribution is 7.99. The summed E-state index contributed by atoms with van der Waals surface area (Å²) in [4.78, 5) is 21.1. The van der Waals surface area contributed by atoms with Crippen molar-refractivity contribution < 1.29 is 0 Å². The summed E-state index contributed by atoms with van der Waals surface area (Å²) in [5, 5.41) is 1.47. The van der Waals surface area contributed by atoms with Crippen molar-refractivity contribution in [2.45, 2.75) is 25.9 Å². The molecule has 0 fully saturated rings. The molecular weight excluding hydrogens is 228 g/mol. The fourth-order valence-corrected chi connectivity index (χ4v) is 3.12. The Morgan fingerprint density at radius 3 is 2.87 bits per heavy atom. The number of rotatable bonds is 2. The number of nitrogens with one attached hydrogen (secondary N) is 1. The largest absolute Gasteiger partial charge is 0.301 e. The van der Waals surface area contributed by atoms with E-state index in [-0.39, 0.29) is 5.56 Å². The van der Waals surface area contributed by atoms with Gasteiger partial charge in [-0.05, 0) is 25.2 Å². The van der Waals surface area contributed by atoms with Gasteiger partial charge in [0.1, 0.15) is 4.83 Å². The topological polar surface area (TPSA) is 45.8 Å². The fourth-order valence-electron chi connectivity index (χ4n) is 1.44. The van der Waals surface area contributed by atoms with Crippen LogP contribution in [-0.4, -0.2) is 15.7 Å². The molecule has 0 radical (unpaired) electrons. The van der Waals surface area contributed by atoms with Crippen molar-refractivity contribution >= 4 is 33.3 Å². The average Bonchev–Trinajstić information content (AvgIpc) is 2.43. The second-order valence-corrected chi connectivity index (χ2v) is 5.72. The Kier molecular flexibility index (Phi) is 2.84. The van der Waals surface area contributed by atoms with Crippen LogP contribution in [-0.2, 0) is 0 Å². The minimum Gasteiger partial charge on any atom is -0.301 e. The predicted molar refractivity (Wildman–Crippen MR) is 66.1 cm³/mol. The van der Waals surface area contributed by atoms with Gasteiger partial charge in [0, 0.05) is 4.88 Å². The van der Waals surface area contributed by atoms with Crippen LogP contribution in [0.3, 0.4) is 0 Å². The summed E-state index contributed by atoms with van der Waals surface area (Å²) in [6, 6.07) is 0. The zero-order chi connectivity index (χ0) is 11.0. The molecule has 15 heavy (non-hydrogen) atoms. The molecule has 0 atom stereocenters.